The molecule has 0 amide bonds. The summed E-state index contributed by atoms with van der Waals surface area (Å²) in [5, 5.41) is 3.28. The van der Waals surface area contributed by atoms with E-state index in [4.69, 9.17) is 4.74 Å². The molecule has 2 fully saturated rings. The Morgan fingerprint density at radius 2 is 2.00 bits per heavy atom. The third-order valence-corrected chi connectivity index (χ3v) is 4.91. The molecular formula is C11H23N3O3S. The van der Waals surface area contributed by atoms with Crippen LogP contribution in [-0.4, -0.2) is 57.2 Å². The average molecular weight is 277 g/mol. The van der Waals surface area contributed by atoms with Crippen molar-refractivity contribution >= 4 is 10.2 Å². The summed E-state index contributed by atoms with van der Waals surface area (Å²) in [6, 6.07) is 0.274. The van der Waals surface area contributed by atoms with Gasteiger partial charge < -0.3 is 10.1 Å². The summed E-state index contributed by atoms with van der Waals surface area (Å²) in [5.74, 6) is 0. The van der Waals surface area contributed by atoms with E-state index in [1.54, 1.807) is 0 Å². The van der Waals surface area contributed by atoms with Crippen LogP contribution in [0.5, 0.6) is 0 Å². The van der Waals surface area contributed by atoms with Crippen LogP contribution in [0.25, 0.3) is 0 Å². The zero-order chi connectivity index (χ0) is 13.2. The smallest absolute Gasteiger partial charge is 0.279 e. The Morgan fingerprint density at radius 3 is 2.56 bits per heavy atom. The number of rotatable bonds is 4. The van der Waals surface area contributed by atoms with Gasteiger partial charge in [-0.15, -0.1) is 0 Å². The third kappa shape index (κ3) is 3.64. The van der Waals surface area contributed by atoms with Crippen molar-refractivity contribution in [1.29, 1.82) is 0 Å². The van der Waals surface area contributed by atoms with Gasteiger partial charge in [0.15, 0.2) is 0 Å². The van der Waals surface area contributed by atoms with E-state index in [0.717, 1.165) is 19.4 Å². The van der Waals surface area contributed by atoms with Gasteiger partial charge in [0, 0.05) is 25.7 Å². The minimum atomic E-state index is -3.37. The molecule has 6 nitrogen and oxygen atoms in total. The molecule has 0 radical (unpaired) electrons. The van der Waals surface area contributed by atoms with Gasteiger partial charge in [0.05, 0.1) is 12.2 Å². The summed E-state index contributed by atoms with van der Waals surface area (Å²) in [4.78, 5) is 0. The monoisotopic (exact) mass is 277 g/mol. The normalized spacial score (nSPS) is 34.9. The Hall–Kier alpha value is -0.210. The van der Waals surface area contributed by atoms with E-state index in [-0.39, 0.29) is 18.2 Å². The first kappa shape index (κ1) is 14.2. The fraction of sp³-hybridized carbons (Fsp3) is 1.00. The molecule has 3 atom stereocenters. The summed E-state index contributed by atoms with van der Waals surface area (Å²) in [5.41, 5.74) is 0. The zero-order valence-corrected chi connectivity index (χ0v) is 11.9. The second-order valence-corrected chi connectivity index (χ2v) is 6.98. The lowest BCUT2D eigenvalue weighted by molar-refractivity contribution is -0.0443. The highest BCUT2D eigenvalue weighted by molar-refractivity contribution is 7.87. The van der Waals surface area contributed by atoms with Crippen LogP contribution in [-0.2, 0) is 14.9 Å². The maximum Gasteiger partial charge on any atom is 0.279 e. The second-order valence-electron chi connectivity index (χ2n) is 5.22. The molecule has 0 aliphatic carbocycles. The molecule has 18 heavy (non-hydrogen) atoms. The lowest BCUT2D eigenvalue weighted by Gasteiger charge is -2.34. The molecule has 0 bridgehead atoms. The van der Waals surface area contributed by atoms with Crippen molar-refractivity contribution in [1.82, 2.24) is 14.3 Å². The van der Waals surface area contributed by atoms with Crippen molar-refractivity contribution in [3.05, 3.63) is 0 Å². The highest BCUT2D eigenvalue weighted by Crippen LogP contribution is 2.13. The average Bonchev–Trinajstić information content (AvgIpc) is 2.78. The van der Waals surface area contributed by atoms with Gasteiger partial charge in [-0.3, -0.25) is 0 Å². The molecule has 2 saturated heterocycles. The maximum atomic E-state index is 12.2. The fourth-order valence-corrected chi connectivity index (χ4v) is 3.96. The topological polar surface area (TPSA) is 70.7 Å². The molecule has 2 aliphatic rings. The highest BCUT2D eigenvalue weighted by atomic mass is 32.2. The Morgan fingerprint density at radius 1 is 1.33 bits per heavy atom. The van der Waals surface area contributed by atoms with Crippen LogP contribution in [0, 0.1) is 0 Å². The molecule has 3 unspecified atom stereocenters. The lowest BCUT2D eigenvalue weighted by Crippen LogP contribution is -2.53. The molecule has 2 N–H and O–H groups in total. The van der Waals surface area contributed by atoms with Crippen molar-refractivity contribution in [2.75, 3.05) is 26.2 Å². The molecule has 0 aromatic rings. The van der Waals surface area contributed by atoms with Crippen LogP contribution in [0.3, 0.4) is 0 Å². The van der Waals surface area contributed by atoms with Crippen molar-refractivity contribution in [3.8, 4) is 0 Å². The number of hydrogen-bond donors (Lipinski definition) is 2. The zero-order valence-electron chi connectivity index (χ0n) is 11.1. The highest BCUT2D eigenvalue weighted by Gasteiger charge is 2.31. The summed E-state index contributed by atoms with van der Waals surface area (Å²) in [6.07, 6.45) is 2.07. The van der Waals surface area contributed by atoms with Crippen LogP contribution in [0.2, 0.25) is 0 Å². The van der Waals surface area contributed by atoms with E-state index in [2.05, 4.69) is 10.0 Å². The van der Waals surface area contributed by atoms with E-state index in [0.29, 0.717) is 19.6 Å². The predicted molar refractivity (Wildman–Crippen MR) is 69.5 cm³/mol. The van der Waals surface area contributed by atoms with E-state index in [9.17, 15) is 8.42 Å². The van der Waals surface area contributed by atoms with Crippen LogP contribution >= 0.6 is 0 Å². The van der Waals surface area contributed by atoms with Crippen LogP contribution in [0.4, 0.5) is 0 Å². The standard InChI is InChI=1S/C11H23N3O3S/c1-9-7-14(8-10(2)17-9)18(15,16)13-6-11-4-3-5-12-11/h9-13H,3-8H2,1-2H3. The fourth-order valence-electron chi connectivity index (χ4n) is 2.56. The summed E-state index contributed by atoms with van der Waals surface area (Å²) >= 11 is 0. The van der Waals surface area contributed by atoms with E-state index in [1.165, 1.54) is 4.31 Å². The molecular weight excluding hydrogens is 254 g/mol. The molecule has 0 aromatic heterocycles. The van der Waals surface area contributed by atoms with Crippen LogP contribution in [0.1, 0.15) is 26.7 Å². The van der Waals surface area contributed by atoms with Gasteiger partial charge in [-0.05, 0) is 33.2 Å². The third-order valence-electron chi connectivity index (χ3n) is 3.40. The van der Waals surface area contributed by atoms with Gasteiger partial charge in [-0.25, -0.2) is 4.72 Å². The van der Waals surface area contributed by atoms with Crippen molar-refractivity contribution < 1.29 is 13.2 Å². The summed E-state index contributed by atoms with van der Waals surface area (Å²) in [6.45, 7) is 6.11. The number of nitrogens with zero attached hydrogens (tertiary/aromatic N) is 1. The first-order valence-electron chi connectivity index (χ1n) is 6.61. The minimum absolute atomic E-state index is 0.0464. The lowest BCUT2D eigenvalue weighted by atomic mass is 10.2. The van der Waals surface area contributed by atoms with Crippen molar-refractivity contribution in [2.24, 2.45) is 0 Å². The minimum Gasteiger partial charge on any atom is -0.373 e. The Bertz CT molecular complexity index is 358. The number of nitrogens with one attached hydrogen (secondary N) is 2. The summed E-state index contributed by atoms with van der Waals surface area (Å²) < 4.78 is 34.1. The summed E-state index contributed by atoms with van der Waals surface area (Å²) in [7, 11) is -3.37. The van der Waals surface area contributed by atoms with Crippen molar-refractivity contribution in [3.63, 3.8) is 0 Å². The van der Waals surface area contributed by atoms with E-state index < -0.39 is 10.2 Å². The molecule has 2 rings (SSSR count). The van der Waals surface area contributed by atoms with Gasteiger partial charge in [0.2, 0.25) is 0 Å². The molecule has 7 heteroatoms. The SMILES string of the molecule is CC1CN(S(=O)(=O)NCC2CCCN2)CC(C)O1. The first-order chi connectivity index (χ1) is 8.47. The molecule has 0 saturated carbocycles. The number of ether oxygens (including phenoxy) is 1. The second kappa shape index (κ2) is 5.83. The van der Waals surface area contributed by atoms with Gasteiger partial charge in [0.25, 0.3) is 10.2 Å². The number of hydrogen-bond acceptors (Lipinski definition) is 4. The van der Waals surface area contributed by atoms with Gasteiger partial charge in [0.1, 0.15) is 0 Å². The Kier molecular flexibility index (Phi) is 4.60. The van der Waals surface area contributed by atoms with Crippen LogP contribution < -0.4 is 10.0 Å². The number of morpholine rings is 1. The quantitative estimate of drug-likeness (QED) is 0.739. The maximum absolute atomic E-state index is 12.2. The Balaban J connectivity index is 1.88. The van der Waals surface area contributed by atoms with Crippen LogP contribution in [0.15, 0.2) is 0 Å². The van der Waals surface area contributed by atoms with Gasteiger partial charge in [-0.1, -0.05) is 0 Å². The molecule has 106 valence electrons. The molecule has 2 heterocycles. The predicted octanol–water partition coefficient (Wildman–Crippen LogP) is -0.318. The Labute approximate surface area is 109 Å². The van der Waals surface area contributed by atoms with Gasteiger partial charge in [-0.2, -0.15) is 12.7 Å². The largest absolute Gasteiger partial charge is 0.373 e. The molecule has 0 aromatic carbocycles. The molecule has 2 aliphatic heterocycles. The van der Waals surface area contributed by atoms with E-state index in [1.807, 2.05) is 13.8 Å². The first-order valence-corrected chi connectivity index (χ1v) is 8.05. The van der Waals surface area contributed by atoms with Gasteiger partial charge >= 0.3 is 0 Å². The molecule has 0 spiro atoms. The van der Waals surface area contributed by atoms with E-state index >= 15 is 0 Å². The van der Waals surface area contributed by atoms with Crippen molar-refractivity contribution in [2.45, 2.75) is 44.9 Å².